The summed E-state index contributed by atoms with van der Waals surface area (Å²) in [5, 5.41) is 43.3. The third-order valence-electron chi connectivity index (χ3n) is 9.26. The van der Waals surface area contributed by atoms with Gasteiger partial charge in [0.05, 0.1) is 16.5 Å². The number of aliphatic hydroxyl groups excluding tert-OH is 4. The van der Waals surface area contributed by atoms with E-state index < -0.39 is 84.7 Å². The van der Waals surface area contributed by atoms with Gasteiger partial charge in [-0.2, -0.15) is 0 Å². The van der Waals surface area contributed by atoms with E-state index in [9.17, 15) is 34.8 Å². The normalized spacial score (nSPS) is 40.2. The SMILES string of the molecule is C[C@]12CC(=O)[C@@H]3C[C@]1(O[C@@H]1O[C@H](COC(=O)c4ccccc4)[C@@H](O)[C@H](O)[C@H]1O)[C@@]3(COC(=O)c1ccccc1)[C@@H](O)O2. The van der Waals surface area contributed by atoms with Gasteiger partial charge in [-0.25, -0.2) is 9.59 Å². The number of ether oxygens (including phenoxy) is 5. The molecular weight excluding hydrogens is 552 g/mol. The van der Waals surface area contributed by atoms with E-state index in [1.165, 1.54) is 0 Å². The number of benzene rings is 2. The molecule has 0 spiro atoms. The molecule has 12 nitrogen and oxygen atoms in total. The van der Waals surface area contributed by atoms with E-state index in [1.807, 2.05) is 0 Å². The number of hydrogen-bond donors (Lipinski definition) is 4. The van der Waals surface area contributed by atoms with Crippen LogP contribution in [0.15, 0.2) is 60.7 Å². The lowest BCUT2D eigenvalue weighted by atomic mass is 9.41. The summed E-state index contributed by atoms with van der Waals surface area (Å²) in [6.07, 6.45) is -9.61. The molecule has 3 aliphatic carbocycles. The number of Topliss-reactive ketones (excluding diaryl/α,β-unsaturated/α-hetero) is 1. The summed E-state index contributed by atoms with van der Waals surface area (Å²) in [7, 11) is 0. The first-order chi connectivity index (χ1) is 20.0. The average Bonchev–Trinajstić information content (AvgIpc) is 3.05. The Labute approximate surface area is 240 Å². The highest BCUT2D eigenvalue weighted by atomic mass is 16.7. The third-order valence-corrected chi connectivity index (χ3v) is 9.26. The van der Waals surface area contributed by atoms with Crippen LogP contribution in [0.3, 0.4) is 0 Å². The Hall–Kier alpha value is -3.23. The van der Waals surface area contributed by atoms with E-state index in [0.717, 1.165) is 0 Å². The number of rotatable bonds is 8. The first-order valence-electron chi connectivity index (χ1n) is 13.7. The molecule has 7 rings (SSSR count). The van der Waals surface area contributed by atoms with Gasteiger partial charge in [-0.15, -0.1) is 0 Å². The minimum Gasteiger partial charge on any atom is -0.461 e. The van der Waals surface area contributed by atoms with Crippen molar-refractivity contribution in [3.05, 3.63) is 71.8 Å². The van der Waals surface area contributed by atoms with Crippen LogP contribution in [0.1, 0.15) is 40.5 Å². The van der Waals surface area contributed by atoms with Crippen LogP contribution in [0.2, 0.25) is 0 Å². The van der Waals surface area contributed by atoms with Crippen molar-refractivity contribution >= 4 is 17.7 Å². The first kappa shape index (κ1) is 28.9. The van der Waals surface area contributed by atoms with Gasteiger partial charge in [-0.1, -0.05) is 36.4 Å². The lowest BCUT2D eigenvalue weighted by Crippen LogP contribution is -2.80. The van der Waals surface area contributed by atoms with Crippen LogP contribution in [0, 0.1) is 11.3 Å². The van der Waals surface area contributed by atoms with E-state index in [1.54, 1.807) is 67.6 Å². The highest BCUT2D eigenvalue weighted by molar-refractivity contribution is 5.90. The van der Waals surface area contributed by atoms with Crippen molar-refractivity contribution in [1.82, 2.24) is 0 Å². The second-order valence-electron chi connectivity index (χ2n) is 11.5. The zero-order valence-corrected chi connectivity index (χ0v) is 22.7. The van der Waals surface area contributed by atoms with E-state index in [-0.39, 0.29) is 29.8 Å². The molecule has 3 saturated carbocycles. The fourth-order valence-corrected chi connectivity index (χ4v) is 6.96. The van der Waals surface area contributed by atoms with Gasteiger partial charge in [0, 0.05) is 12.3 Å². The van der Waals surface area contributed by atoms with Crippen molar-refractivity contribution in [3.63, 3.8) is 0 Å². The molecule has 2 heterocycles. The van der Waals surface area contributed by atoms with Crippen LogP contribution in [-0.4, -0.2) is 99.6 Å². The molecule has 10 atom stereocenters. The molecule has 224 valence electrons. The van der Waals surface area contributed by atoms with Crippen molar-refractivity contribution in [3.8, 4) is 0 Å². The van der Waals surface area contributed by atoms with Crippen LogP contribution < -0.4 is 0 Å². The van der Waals surface area contributed by atoms with Gasteiger partial charge in [0.25, 0.3) is 0 Å². The minimum absolute atomic E-state index is 0.0706. The molecule has 2 aromatic carbocycles. The molecule has 2 aromatic rings. The molecule has 0 aromatic heterocycles. The van der Waals surface area contributed by atoms with E-state index in [2.05, 4.69) is 0 Å². The topological polar surface area (TPSA) is 178 Å². The van der Waals surface area contributed by atoms with E-state index in [4.69, 9.17) is 23.7 Å². The Morgan fingerprint density at radius 2 is 1.48 bits per heavy atom. The smallest absolute Gasteiger partial charge is 0.338 e. The maximum atomic E-state index is 13.1. The summed E-state index contributed by atoms with van der Waals surface area (Å²) in [5.41, 5.74) is -3.86. The lowest BCUT2D eigenvalue weighted by Gasteiger charge is -2.66. The predicted molar refractivity (Wildman–Crippen MR) is 140 cm³/mol. The first-order valence-corrected chi connectivity index (χ1v) is 13.7. The highest BCUT2D eigenvalue weighted by Gasteiger charge is 2.87. The van der Waals surface area contributed by atoms with Gasteiger partial charge in [0.15, 0.2) is 12.6 Å². The van der Waals surface area contributed by atoms with Crippen LogP contribution in [0.5, 0.6) is 0 Å². The van der Waals surface area contributed by atoms with Crippen LogP contribution in [0.4, 0.5) is 0 Å². The molecule has 42 heavy (non-hydrogen) atoms. The molecule has 12 heteroatoms. The maximum Gasteiger partial charge on any atom is 0.338 e. The van der Waals surface area contributed by atoms with Gasteiger partial charge in [-0.05, 0) is 37.6 Å². The van der Waals surface area contributed by atoms with Crippen molar-refractivity contribution in [2.75, 3.05) is 13.2 Å². The molecule has 2 aliphatic heterocycles. The molecule has 0 unspecified atom stereocenters. The van der Waals surface area contributed by atoms with Gasteiger partial charge in [0.1, 0.15) is 54.6 Å². The molecule has 2 saturated heterocycles. The second-order valence-corrected chi connectivity index (χ2v) is 11.5. The van der Waals surface area contributed by atoms with Crippen molar-refractivity contribution in [2.24, 2.45) is 11.3 Å². The summed E-state index contributed by atoms with van der Waals surface area (Å²) < 4.78 is 29.0. The molecule has 0 amide bonds. The van der Waals surface area contributed by atoms with Gasteiger partial charge >= 0.3 is 11.9 Å². The van der Waals surface area contributed by atoms with Crippen LogP contribution >= 0.6 is 0 Å². The third kappa shape index (κ3) is 4.21. The Morgan fingerprint density at radius 1 is 0.881 bits per heavy atom. The number of fused-ring (bicyclic) bond motifs is 1. The fourth-order valence-electron chi connectivity index (χ4n) is 6.96. The Bertz CT molecular complexity index is 1350. The second kappa shape index (κ2) is 10.5. The molecular formula is C30H32O12. The standard InChI is InChI=1S/C30H32O12/c1-28-13-19(31)18-12-30(28,29(18,27(37)42-28)15-39-25(36)17-10-6-3-7-11-17)41-26-23(34)22(33)21(32)20(40-26)14-38-24(35)16-8-4-2-5-9-16/h2-11,18,20-23,26-27,32-34,37H,12-15H2,1H3/t18-,20+,21+,22-,23+,26-,27-,28-,29+,30+/m0/s1. The number of esters is 2. The Balaban J connectivity index is 1.24. The highest BCUT2D eigenvalue weighted by Crippen LogP contribution is 2.73. The molecule has 5 aliphatic rings. The van der Waals surface area contributed by atoms with Gasteiger partial charge in [0.2, 0.25) is 0 Å². The summed E-state index contributed by atoms with van der Waals surface area (Å²) in [4.78, 5) is 38.3. The molecule has 4 N–H and O–H groups in total. The van der Waals surface area contributed by atoms with E-state index >= 15 is 0 Å². The number of ketones is 1. The zero-order valence-electron chi connectivity index (χ0n) is 22.7. The summed E-state index contributed by atoms with van der Waals surface area (Å²) in [6.45, 7) is 0.687. The Morgan fingerprint density at radius 3 is 2.10 bits per heavy atom. The molecule has 4 bridgehead atoms. The average molecular weight is 585 g/mol. The fraction of sp³-hybridized carbons (Fsp3) is 0.500. The monoisotopic (exact) mass is 584 g/mol. The van der Waals surface area contributed by atoms with Crippen molar-refractivity contribution in [1.29, 1.82) is 0 Å². The number of hydrogen-bond acceptors (Lipinski definition) is 12. The van der Waals surface area contributed by atoms with Crippen molar-refractivity contribution < 1.29 is 58.5 Å². The molecule has 0 radical (unpaired) electrons. The van der Waals surface area contributed by atoms with Crippen molar-refractivity contribution in [2.45, 2.75) is 68.0 Å². The predicted octanol–water partition coefficient (Wildman–Crippen LogP) is 0.350. The lowest BCUT2D eigenvalue weighted by molar-refractivity contribution is -0.381. The van der Waals surface area contributed by atoms with E-state index in [0.29, 0.717) is 0 Å². The van der Waals surface area contributed by atoms with Gasteiger partial charge in [-0.3, -0.25) is 4.79 Å². The largest absolute Gasteiger partial charge is 0.461 e. The zero-order chi connectivity index (χ0) is 29.9. The van der Waals surface area contributed by atoms with Crippen LogP contribution in [0.25, 0.3) is 0 Å². The quantitative estimate of drug-likeness (QED) is 0.314. The number of carbonyl (C=O) groups excluding carboxylic acids is 3. The van der Waals surface area contributed by atoms with Crippen LogP contribution in [-0.2, 0) is 28.5 Å². The summed E-state index contributed by atoms with van der Waals surface area (Å²) >= 11 is 0. The summed E-state index contributed by atoms with van der Waals surface area (Å²) in [5.74, 6) is -2.32. The maximum absolute atomic E-state index is 13.1. The minimum atomic E-state index is -1.75. The summed E-state index contributed by atoms with van der Waals surface area (Å²) in [6, 6.07) is 16.3. The number of carbonyl (C=O) groups is 3. The Kier molecular flexibility index (Phi) is 7.21. The number of aliphatic hydroxyl groups is 4. The molecule has 5 fully saturated rings. The van der Waals surface area contributed by atoms with Gasteiger partial charge < -0.3 is 44.1 Å².